The Hall–Kier alpha value is -2.49. The number of benzene rings is 2. The first kappa shape index (κ1) is 16.9. The summed E-state index contributed by atoms with van der Waals surface area (Å²) >= 11 is 0. The van der Waals surface area contributed by atoms with Crippen LogP contribution in [0.5, 0.6) is 11.5 Å². The Labute approximate surface area is 137 Å². The van der Waals surface area contributed by atoms with Crippen molar-refractivity contribution in [3.8, 4) is 11.5 Å². The van der Waals surface area contributed by atoms with E-state index in [1.807, 2.05) is 55.5 Å². The number of hydrogen-bond acceptors (Lipinski definition) is 3. The fraction of sp³-hybridized carbons (Fsp3) is 0.316. The van der Waals surface area contributed by atoms with Crippen LogP contribution < -0.4 is 14.8 Å². The van der Waals surface area contributed by atoms with E-state index in [0.717, 1.165) is 17.7 Å². The van der Waals surface area contributed by atoms with Gasteiger partial charge in [0.2, 0.25) is 0 Å². The first-order valence-corrected chi connectivity index (χ1v) is 7.85. The predicted octanol–water partition coefficient (Wildman–Crippen LogP) is 4.19. The monoisotopic (exact) mass is 313 g/mol. The highest BCUT2D eigenvalue weighted by atomic mass is 16.5. The molecular weight excluding hydrogens is 290 g/mol. The molecule has 23 heavy (non-hydrogen) atoms. The molecular formula is C19H23NO3. The molecule has 1 N–H and O–H groups in total. The Balaban J connectivity index is 1.93. The van der Waals surface area contributed by atoms with Crippen LogP contribution in [0.3, 0.4) is 0 Å². The van der Waals surface area contributed by atoms with Crippen molar-refractivity contribution < 1.29 is 14.3 Å². The Kier molecular flexibility index (Phi) is 6.03. The van der Waals surface area contributed by atoms with Crippen molar-refractivity contribution in [2.24, 2.45) is 0 Å². The van der Waals surface area contributed by atoms with Crippen LogP contribution in [0.4, 0.5) is 5.69 Å². The van der Waals surface area contributed by atoms with Crippen LogP contribution in [0.15, 0.2) is 48.5 Å². The molecule has 2 rings (SSSR count). The number of anilines is 1. The standard InChI is InChI=1S/C19H23NO3/c1-4-12-22-18-7-5-6-16(13-18)20-19(21)15(3)23-17-10-8-14(2)9-11-17/h5-11,13,15H,4,12H2,1-3H3,(H,20,21). The number of carbonyl (C=O) groups is 1. The molecule has 0 radical (unpaired) electrons. The third-order valence-electron chi connectivity index (χ3n) is 3.28. The smallest absolute Gasteiger partial charge is 0.265 e. The van der Waals surface area contributed by atoms with E-state index in [2.05, 4.69) is 12.2 Å². The largest absolute Gasteiger partial charge is 0.494 e. The van der Waals surface area contributed by atoms with Crippen molar-refractivity contribution in [3.63, 3.8) is 0 Å². The second kappa shape index (κ2) is 8.22. The normalized spacial score (nSPS) is 11.6. The molecule has 0 aromatic heterocycles. The van der Waals surface area contributed by atoms with Crippen molar-refractivity contribution in [1.29, 1.82) is 0 Å². The van der Waals surface area contributed by atoms with E-state index in [0.29, 0.717) is 18.0 Å². The summed E-state index contributed by atoms with van der Waals surface area (Å²) in [5, 5.41) is 2.85. The lowest BCUT2D eigenvalue weighted by atomic mass is 10.2. The molecule has 0 saturated carbocycles. The van der Waals surface area contributed by atoms with Crippen molar-refractivity contribution in [3.05, 3.63) is 54.1 Å². The Morgan fingerprint density at radius 1 is 1.13 bits per heavy atom. The molecule has 1 unspecified atom stereocenters. The lowest BCUT2D eigenvalue weighted by Crippen LogP contribution is -2.30. The molecule has 0 heterocycles. The van der Waals surface area contributed by atoms with Gasteiger partial charge in [-0.1, -0.05) is 30.7 Å². The predicted molar refractivity (Wildman–Crippen MR) is 92.1 cm³/mol. The summed E-state index contributed by atoms with van der Waals surface area (Å²) in [6, 6.07) is 15.0. The molecule has 4 nitrogen and oxygen atoms in total. The minimum Gasteiger partial charge on any atom is -0.494 e. The van der Waals surface area contributed by atoms with Gasteiger partial charge in [0.1, 0.15) is 11.5 Å². The number of hydrogen-bond donors (Lipinski definition) is 1. The maximum atomic E-state index is 12.2. The van der Waals surface area contributed by atoms with Gasteiger partial charge in [0, 0.05) is 11.8 Å². The van der Waals surface area contributed by atoms with Gasteiger partial charge in [0.25, 0.3) is 5.91 Å². The molecule has 0 aliphatic heterocycles. The van der Waals surface area contributed by atoms with Crippen molar-refractivity contribution in [2.75, 3.05) is 11.9 Å². The van der Waals surface area contributed by atoms with Crippen LogP contribution in [-0.4, -0.2) is 18.6 Å². The second-order valence-electron chi connectivity index (χ2n) is 5.44. The SMILES string of the molecule is CCCOc1cccc(NC(=O)C(C)Oc2ccc(C)cc2)c1. The van der Waals surface area contributed by atoms with Gasteiger partial charge in [0.05, 0.1) is 6.61 Å². The average molecular weight is 313 g/mol. The van der Waals surface area contributed by atoms with Crippen LogP contribution in [-0.2, 0) is 4.79 Å². The quantitative estimate of drug-likeness (QED) is 0.833. The molecule has 0 aliphatic carbocycles. The highest BCUT2D eigenvalue weighted by molar-refractivity contribution is 5.94. The number of amides is 1. The van der Waals surface area contributed by atoms with E-state index in [1.165, 1.54) is 0 Å². The van der Waals surface area contributed by atoms with E-state index in [1.54, 1.807) is 6.92 Å². The van der Waals surface area contributed by atoms with Crippen molar-refractivity contribution in [2.45, 2.75) is 33.3 Å². The average Bonchev–Trinajstić information content (AvgIpc) is 2.55. The van der Waals surface area contributed by atoms with Crippen LogP contribution in [0.1, 0.15) is 25.8 Å². The van der Waals surface area contributed by atoms with Crippen LogP contribution in [0.25, 0.3) is 0 Å². The van der Waals surface area contributed by atoms with E-state index in [4.69, 9.17) is 9.47 Å². The molecule has 0 bridgehead atoms. The van der Waals surface area contributed by atoms with E-state index in [9.17, 15) is 4.79 Å². The molecule has 0 fully saturated rings. The summed E-state index contributed by atoms with van der Waals surface area (Å²) in [6.07, 6.45) is 0.357. The summed E-state index contributed by atoms with van der Waals surface area (Å²) in [5.41, 5.74) is 1.85. The first-order valence-electron chi connectivity index (χ1n) is 7.85. The van der Waals surface area contributed by atoms with Gasteiger partial charge in [-0.05, 0) is 44.5 Å². The number of carbonyl (C=O) groups excluding carboxylic acids is 1. The lowest BCUT2D eigenvalue weighted by Gasteiger charge is -2.15. The first-order chi connectivity index (χ1) is 11.1. The fourth-order valence-corrected chi connectivity index (χ4v) is 2.00. The zero-order valence-electron chi connectivity index (χ0n) is 13.8. The molecule has 4 heteroatoms. The molecule has 122 valence electrons. The maximum Gasteiger partial charge on any atom is 0.265 e. The Morgan fingerprint density at radius 2 is 1.87 bits per heavy atom. The molecule has 2 aromatic carbocycles. The number of aryl methyl sites for hydroxylation is 1. The summed E-state index contributed by atoms with van der Waals surface area (Å²) in [4.78, 5) is 12.2. The summed E-state index contributed by atoms with van der Waals surface area (Å²) in [7, 11) is 0. The fourth-order valence-electron chi connectivity index (χ4n) is 2.00. The molecule has 0 spiro atoms. The maximum absolute atomic E-state index is 12.2. The third kappa shape index (κ3) is 5.33. The Morgan fingerprint density at radius 3 is 2.57 bits per heavy atom. The summed E-state index contributed by atoms with van der Waals surface area (Å²) in [6.45, 7) is 6.44. The number of rotatable bonds is 7. The number of ether oxygens (including phenoxy) is 2. The van der Waals surface area contributed by atoms with Gasteiger partial charge >= 0.3 is 0 Å². The van der Waals surface area contributed by atoms with Gasteiger partial charge in [0.15, 0.2) is 6.10 Å². The lowest BCUT2D eigenvalue weighted by molar-refractivity contribution is -0.122. The zero-order valence-corrected chi connectivity index (χ0v) is 13.8. The van der Waals surface area contributed by atoms with Crippen LogP contribution >= 0.6 is 0 Å². The molecule has 0 aliphatic rings. The van der Waals surface area contributed by atoms with E-state index < -0.39 is 6.10 Å². The second-order valence-corrected chi connectivity index (χ2v) is 5.44. The third-order valence-corrected chi connectivity index (χ3v) is 3.28. The van der Waals surface area contributed by atoms with E-state index in [-0.39, 0.29) is 5.91 Å². The minimum atomic E-state index is -0.585. The molecule has 2 aromatic rings. The van der Waals surface area contributed by atoms with Gasteiger partial charge in [-0.25, -0.2) is 0 Å². The minimum absolute atomic E-state index is 0.196. The molecule has 0 saturated heterocycles. The highest BCUT2D eigenvalue weighted by Crippen LogP contribution is 2.19. The summed E-state index contributed by atoms with van der Waals surface area (Å²) in [5.74, 6) is 1.23. The zero-order chi connectivity index (χ0) is 16.7. The van der Waals surface area contributed by atoms with Gasteiger partial charge in [-0.3, -0.25) is 4.79 Å². The van der Waals surface area contributed by atoms with Crippen molar-refractivity contribution >= 4 is 11.6 Å². The molecule has 1 amide bonds. The van der Waals surface area contributed by atoms with Gasteiger partial charge in [-0.15, -0.1) is 0 Å². The van der Waals surface area contributed by atoms with Gasteiger partial charge in [-0.2, -0.15) is 0 Å². The van der Waals surface area contributed by atoms with Crippen molar-refractivity contribution in [1.82, 2.24) is 0 Å². The number of nitrogens with one attached hydrogen (secondary N) is 1. The van der Waals surface area contributed by atoms with Gasteiger partial charge < -0.3 is 14.8 Å². The molecule has 1 atom stereocenters. The highest BCUT2D eigenvalue weighted by Gasteiger charge is 2.15. The van der Waals surface area contributed by atoms with E-state index >= 15 is 0 Å². The van der Waals surface area contributed by atoms with Crippen LogP contribution in [0, 0.1) is 6.92 Å². The van der Waals surface area contributed by atoms with Crippen LogP contribution in [0.2, 0.25) is 0 Å². The summed E-state index contributed by atoms with van der Waals surface area (Å²) < 4.78 is 11.2. The topological polar surface area (TPSA) is 47.6 Å². The Bertz CT molecular complexity index is 637.